The van der Waals surface area contributed by atoms with Gasteiger partial charge in [-0.3, -0.25) is 4.79 Å². The van der Waals surface area contributed by atoms with Crippen molar-refractivity contribution in [3.8, 4) is 0 Å². The van der Waals surface area contributed by atoms with Crippen molar-refractivity contribution in [3.63, 3.8) is 0 Å². The van der Waals surface area contributed by atoms with Crippen molar-refractivity contribution in [2.75, 3.05) is 0 Å². The van der Waals surface area contributed by atoms with E-state index in [4.69, 9.17) is 4.43 Å². The van der Waals surface area contributed by atoms with Gasteiger partial charge in [-0.25, -0.2) is 0 Å². The van der Waals surface area contributed by atoms with Gasteiger partial charge in [0.15, 0.2) is 8.32 Å². The first kappa shape index (κ1) is 19.1. The zero-order valence-corrected chi connectivity index (χ0v) is 17.1. The Balaban J connectivity index is 2.30. The number of rotatable bonds is 5. The minimum atomic E-state index is -1.88. The van der Waals surface area contributed by atoms with Crippen LogP contribution in [0.4, 0.5) is 0 Å². The second-order valence-corrected chi connectivity index (χ2v) is 13.3. The number of ketones is 1. The van der Waals surface area contributed by atoms with Crippen molar-refractivity contribution in [3.05, 3.63) is 47.5 Å². The fourth-order valence-electron chi connectivity index (χ4n) is 2.92. The van der Waals surface area contributed by atoms with Gasteiger partial charge < -0.3 is 4.43 Å². The van der Waals surface area contributed by atoms with Gasteiger partial charge in [0.1, 0.15) is 5.78 Å². The lowest BCUT2D eigenvalue weighted by molar-refractivity contribution is -0.120. The number of allylic oxidation sites excluding steroid dienone is 1. The van der Waals surface area contributed by atoms with E-state index >= 15 is 0 Å². The van der Waals surface area contributed by atoms with Gasteiger partial charge in [-0.2, -0.15) is 0 Å². The molecule has 3 heteroatoms. The van der Waals surface area contributed by atoms with Crippen molar-refractivity contribution in [2.24, 2.45) is 5.92 Å². The Hall–Kier alpha value is -1.19. The third-order valence-corrected chi connectivity index (χ3v) is 10.1. The molecule has 0 spiro atoms. The Morgan fingerprint density at radius 3 is 2.29 bits per heavy atom. The van der Waals surface area contributed by atoms with Crippen LogP contribution in [0.5, 0.6) is 0 Å². The van der Waals surface area contributed by atoms with Crippen LogP contribution in [0.25, 0.3) is 0 Å². The molecule has 132 valence electrons. The maximum Gasteiger partial charge on any atom is 0.193 e. The minimum absolute atomic E-state index is 0.0278. The van der Waals surface area contributed by atoms with Crippen molar-refractivity contribution in [2.45, 2.75) is 71.2 Å². The van der Waals surface area contributed by atoms with Gasteiger partial charge in [0, 0.05) is 5.92 Å². The molecular formula is C21H32O2Si. The molecule has 0 fully saturated rings. The summed E-state index contributed by atoms with van der Waals surface area (Å²) in [6, 6.07) is 10.5. The Labute approximate surface area is 148 Å². The average molecular weight is 345 g/mol. The fraction of sp³-hybridized carbons (Fsp3) is 0.571. The lowest BCUT2D eigenvalue weighted by Crippen LogP contribution is -2.42. The second kappa shape index (κ2) is 7.36. The summed E-state index contributed by atoms with van der Waals surface area (Å²) in [6.07, 6.45) is 5.05. The quantitative estimate of drug-likeness (QED) is 0.479. The molecule has 0 bridgehead atoms. The van der Waals surface area contributed by atoms with Gasteiger partial charge >= 0.3 is 0 Å². The Kier molecular flexibility index (Phi) is 5.87. The third-order valence-electron chi connectivity index (χ3n) is 5.68. The topological polar surface area (TPSA) is 26.3 Å². The highest BCUT2D eigenvalue weighted by atomic mass is 28.4. The fourth-order valence-corrected chi connectivity index (χ4v) is 4.15. The van der Waals surface area contributed by atoms with Crippen molar-refractivity contribution >= 4 is 14.1 Å². The van der Waals surface area contributed by atoms with Gasteiger partial charge in [0.2, 0.25) is 0 Å². The van der Waals surface area contributed by atoms with Crippen molar-refractivity contribution in [1.82, 2.24) is 0 Å². The predicted octanol–water partition coefficient (Wildman–Crippen LogP) is 6.07. The summed E-state index contributed by atoms with van der Waals surface area (Å²) in [5, 5.41) is 0.178. The first-order chi connectivity index (χ1) is 11.1. The van der Waals surface area contributed by atoms with Crippen LogP contribution in [0.1, 0.15) is 58.6 Å². The van der Waals surface area contributed by atoms with Crippen LogP contribution in [-0.2, 0) is 9.22 Å². The van der Waals surface area contributed by atoms with Gasteiger partial charge in [0.05, 0.1) is 6.10 Å². The molecule has 0 radical (unpaired) electrons. The molecule has 1 aliphatic carbocycles. The van der Waals surface area contributed by atoms with E-state index < -0.39 is 8.32 Å². The first-order valence-electron chi connectivity index (χ1n) is 9.04. The average Bonchev–Trinajstić information content (AvgIpc) is 2.52. The normalized spacial score (nSPS) is 20.4. The summed E-state index contributed by atoms with van der Waals surface area (Å²) >= 11 is 0. The van der Waals surface area contributed by atoms with E-state index in [-0.39, 0.29) is 17.1 Å². The van der Waals surface area contributed by atoms with E-state index in [1.54, 1.807) is 6.92 Å². The summed E-state index contributed by atoms with van der Waals surface area (Å²) in [5.74, 6) is 0.505. The number of carbonyl (C=O) groups is 1. The van der Waals surface area contributed by atoms with Crippen LogP contribution in [0.3, 0.4) is 0 Å². The molecular weight excluding hydrogens is 312 g/mol. The maximum atomic E-state index is 11.7. The van der Waals surface area contributed by atoms with E-state index in [1.165, 1.54) is 11.1 Å². The zero-order valence-electron chi connectivity index (χ0n) is 16.1. The number of Topliss-reactive ketones (excluding diaryl/α,β-unsaturated/α-hetero) is 1. The molecule has 0 heterocycles. The van der Waals surface area contributed by atoms with Gasteiger partial charge in [-0.1, -0.05) is 57.2 Å². The monoisotopic (exact) mass is 344 g/mol. The Morgan fingerprint density at radius 2 is 1.83 bits per heavy atom. The summed E-state index contributed by atoms with van der Waals surface area (Å²) in [4.78, 5) is 11.7. The largest absolute Gasteiger partial charge is 0.406 e. The summed E-state index contributed by atoms with van der Waals surface area (Å²) in [5.41, 5.74) is 2.58. The molecule has 2 atom stereocenters. The van der Waals surface area contributed by atoms with E-state index in [9.17, 15) is 4.79 Å². The molecule has 1 aliphatic rings. The molecule has 1 aromatic carbocycles. The molecule has 0 unspecified atom stereocenters. The lowest BCUT2D eigenvalue weighted by Gasteiger charge is -2.40. The van der Waals surface area contributed by atoms with Crippen LogP contribution in [0.2, 0.25) is 18.1 Å². The van der Waals surface area contributed by atoms with E-state index in [0.717, 1.165) is 19.3 Å². The van der Waals surface area contributed by atoms with Crippen molar-refractivity contribution < 1.29 is 9.22 Å². The van der Waals surface area contributed by atoms with Crippen LogP contribution in [0.15, 0.2) is 42.0 Å². The Bertz CT molecular complexity index is 596. The third kappa shape index (κ3) is 4.45. The second-order valence-electron chi connectivity index (χ2n) is 8.53. The van der Waals surface area contributed by atoms with Crippen LogP contribution >= 0.6 is 0 Å². The molecule has 0 amide bonds. The first-order valence-corrected chi connectivity index (χ1v) is 11.9. The van der Waals surface area contributed by atoms with E-state index in [1.807, 2.05) is 6.07 Å². The highest BCUT2D eigenvalue weighted by Gasteiger charge is 2.40. The molecule has 1 aromatic rings. The van der Waals surface area contributed by atoms with Gasteiger partial charge in [-0.15, -0.1) is 0 Å². The standard InChI is InChI=1S/C21H32O2Si/c1-16(22)17-12-14-19(15-13-17)20(18-10-8-7-9-11-18)23-24(5,6)21(2,3)4/h7-11,14,17,20H,12-13,15H2,1-6H3/t17-,20-/m0/s1. The molecule has 0 saturated carbocycles. The highest BCUT2D eigenvalue weighted by molar-refractivity contribution is 6.74. The van der Waals surface area contributed by atoms with Gasteiger partial charge in [-0.05, 0) is 55.5 Å². The number of carbonyl (C=O) groups excluding carboxylic acids is 1. The Morgan fingerprint density at radius 1 is 1.21 bits per heavy atom. The molecule has 24 heavy (non-hydrogen) atoms. The molecule has 0 saturated heterocycles. The summed E-state index contributed by atoms with van der Waals surface area (Å²) in [7, 11) is -1.88. The zero-order chi connectivity index (χ0) is 18.0. The SMILES string of the molecule is CC(=O)[C@H]1CC=C([C@@H](O[Si](C)(C)C(C)(C)C)c2ccccc2)CC1. The number of benzene rings is 1. The lowest BCUT2D eigenvalue weighted by atomic mass is 9.84. The molecule has 2 rings (SSSR count). The minimum Gasteiger partial charge on any atom is -0.406 e. The van der Waals surface area contributed by atoms with Crippen LogP contribution in [0, 0.1) is 5.92 Å². The van der Waals surface area contributed by atoms with E-state index in [0.29, 0.717) is 5.78 Å². The van der Waals surface area contributed by atoms with E-state index in [2.05, 4.69) is 64.2 Å². The predicted molar refractivity (Wildman–Crippen MR) is 104 cm³/mol. The molecule has 0 N–H and O–H groups in total. The number of hydrogen-bond donors (Lipinski definition) is 0. The van der Waals surface area contributed by atoms with Crippen molar-refractivity contribution in [1.29, 1.82) is 0 Å². The summed E-state index contributed by atoms with van der Waals surface area (Å²) < 4.78 is 6.81. The molecule has 0 aliphatic heterocycles. The summed E-state index contributed by atoms with van der Waals surface area (Å²) in [6.45, 7) is 13.2. The van der Waals surface area contributed by atoms with Crippen LogP contribution in [-0.4, -0.2) is 14.1 Å². The molecule has 0 aromatic heterocycles. The number of hydrogen-bond acceptors (Lipinski definition) is 2. The van der Waals surface area contributed by atoms with Crippen LogP contribution < -0.4 is 0 Å². The molecule has 2 nitrogen and oxygen atoms in total. The smallest absolute Gasteiger partial charge is 0.193 e. The highest BCUT2D eigenvalue weighted by Crippen LogP contribution is 2.43. The van der Waals surface area contributed by atoms with Gasteiger partial charge in [0.25, 0.3) is 0 Å². The maximum absolute atomic E-state index is 11.7.